The standard InChI is InChI=1S/C15H23N3O3/c1-10-13(11(2)17(3)16-10)8-14(19)18-7-5-6-12(9-18)15(20)21-4/h12H,5-9H2,1-4H3/t12-/m0/s1. The molecule has 2 heterocycles. The molecule has 21 heavy (non-hydrogen) atoms. The van der Waals surface area contributed by atoms with Gasteiger partial charge in [-0.25, -0.2) is 0 Å². The largest absolute Gasteiger partial charge is 0.469 e. The third kappa shape index (κ3) is 3.25. The number of piperidine rings is 1. The number of hydrogen-bond acceptors (Lipinski definition) is 4. The van der Waals surface area contributed by atoms with E-state index < -0.39 is 0 Å². The van der Waals surface area contributed by atoms with E-state index in [1.165, 1.54) is 7.11 Å². The van der Waals surface area contributed by atoms with Gasteiger partial charge in [-0.1, -0.05) is 0 Å². The van der Waals surface area contributed by atoms with Gasteiger partial charge < -0.3 is 9.64 Å². The number of amides is 1. The van der Waals surface area contributed by atoms with Gasteiger partial charge in [-0.05, 0) is 26.7 Å². The van der Waals surface area contributed by atoms with Crippen LogP contribution in [0, 0.1) is 19.8 Å². The molecule has 1 aliphatic heterocycles. The number of ether oxygens (including phenoxy) is 1. The summed E-state index contributed by atoms with van der Waals surface area (Å²) in [6.07, 6.45) is 1.98. The summed E-state index contributed by atoms with van der Waals surface area (Å²) in [6.45, 7) is 5.06. The normalized spacial score (nSPS) is 18.7. The van der Waals surface area contributed by atoms with Gasteiger partial charge in [0.2, 0.25) is 5.91 Å². The zero-order valence-electron chi connectivity index (χ0n) is 13.2. The molecule has 116 valence electrons. The Kier molecular flexibility index (Phi) is 4.65. The highest BCUT2D eigenvalue weighted by Crippen LogP contribution is 2.20. The van der Waals surface area contributed by atoms with Crippen molar-refractivity contribution in [3.8, 4) is 0 Å². The molecule has 0 saturated carbocycles. The summed E-state index contributed by atoms with van der Waals surface area (Å²) < 4.78 is 6.58. The molecule has 1 aromatic rings. The molecule has 1 aliphatic rings. The average molecular weight is 293 g/mol. The summed E-state index contributed by atoms with van der Waals surface area (Å²) in [4.78, 5) is 25.9. The lowest BCUT2D eigenvalue weighted by atomic mass is 9.97. The molecule has 0 bridgehead atoms. The third-order valence-corrected chi connectivity index (χ3v) is 4.30. The van der Waals surface area contributed by atoms with E-state index in [4.69, 9.17) is 4.74 Å². The van der Waals surface area contributed by atoms with E-state index in [9.17, 15) is 9.59 Å². The molecule has 1 atom stereocenters. The van der Waals surface area contributed by atoms with Crippen molar-refractivity contribution in [2.24, 2.45) is 13.0 Å². The highest BCUT2D eigenvalue weighted by Gasteiger charge is 2.29. The van der Waals surface area contributed by atoms with Crippen LogP contribution in [-0.4, -0.2) is 46.8 Å². The minimum Gasteiger partial charge on any atom is -0.469 e. The van der Waals surface area contributed by atoms with Gasteiger partial charge in [-0.15, -0.1) is 0 Å². The number of carbonyl (C=O) groups excluding carboxylic acids is 2. The van der Waals surface area contributed by atoms with Gasteiger partial charge in [-0.2, -0.15) is 5.10 Å². The third-order valence-electron chi connectivity index (χ3n) is 4.30. The molecule has 0 aromatic carbocycles. The van der Waals surface area contributed by atoms with Crippen LogP contribution in [0.2, 0.25) is 0 Å². The van der Waals surface area contributed by atoms with E-state index in [1.54, 1.807) is 9.58 Å². The summed E-state index contributed by atoms with van der Waals surface area (Å²) in [7, 11) is 3.27. The SMILES string of the molecule is COC(=O)[C@H]1CCCN(C(=O)Cc2c(C)nn(C)c2C)C1. The molecule has 1 fully saturated rings. The summed E-state index contributed by atoms with van der Waals surface area (Å²) >= 11 is 0. The van der Waals surface area contributed by atoms with Gasteiger partial charge in [0, 0.05) is 31.4 Å². The predicted molar refractivity (Wildman–Crippen MR) is 77.7 cm³/mol. The Labute approximate surface area is 125 Å². The van der Waals surface area contributed by atoms with Crippen LogP contribution in [0.5, 0.6) is 0 Å². The second kappa shape index (κ2) is 6.28. The molecule has 1 saturated heterocycles. The van der Waals surface area contributed by atoms with E-state index >= 15 is 0 Å². The Morgan fingerprint density at radius 3 is 2.67 bits per heavy atom. The van der Waals surface area contributed by atoms with Crippen LogP contribution in [0.1, 0.15) is 29.8 Å². The number of likely N-dealkylation sites (tertiary alicyclic amines) is 1. The fourth-order valence-corrected chi connectivity index (χ4v) is 2.90. The Morgan fingerprint density at radius 2 is 2.10 bits per heavy atom. The van der Waals surface area contributed by atoms with Gasteiger partial charge in [0.15, 0.2) is 0 Å². The second-order valence-electron chi connectivity index (χ2n) is 5.65. The van der Waals surface area contributed by atoms with E-state index in [0.717, 1.165) is 29.8 Å². The van der Waals surface area contributed by atoms with Crippen molar-refractivity contribution in [2.45, 2.75) is 33.1 Å². The van der Waals surface area contributed by atoms with Crippen LogP contribution in [-0.2, 0) is 27.8 Å². The van der Waals surface area contributed by atoms with E-state index in [1.807, 2.05) is 20.9 Å². The maximum Gasteiger partial charge on any atom is 0.310 e. The first-order chi connectivity index (χ1) is 9.93. The number of nitrogens with zero attached hydrogens (tertiary/aromatic N) is 3. The lowest BCUT2D eigenvalue weighted by Crippen LogP contribution is -2.43. The van der Waals surface area contributed by atoms with Crippen molar-refractivity contribution in [3.05, 3.63) is 17.0 Å². The zero-order valence-corrected chi connectivity index (χ0v) is 13.2. The number of methoxy groups -OCH3 is 1. The zero-order chi connectivity index (χ0) is 15.6. The van der Waals surface area contributed by atoms with Crippen LogP contribution in [0.25, 0.3) is 0 Å². The lowest BCUT2D eigenvalue weighted by molar-refractivity contribution is -0.148. The van der Waals surface area contributed by atoms with Gasteiger partial charge >= 0.3 is 5.97 Å². The fourth-order valence-electron chi connectivity index (χ4n) is 2.90. The highest BCUT2D eigenvalue weighted by molar-refractivity contribution is 5.80. The minimum atomic E-state index is -0.221. The quantitative estimate of drug-likeness (QED) is 0.780. The minimum absolute atomic E-state index is 0.0582. The van der Waals surface area contributed by atoms with Crippen LogP contribution in [0.3, 0.4) is 0 Å². The fraction of sp³-hybridized carbons (Fsp3) is 0.667. The Hall–Kier alpha value is -1.85. The maximum atomic E-state index is 12.5. The Bertz CT molecular complexity index is 551. The monoisotopic (exact) mass is 293 g/mol. The maximum absolute atomic E-state index is 12.5. The molecule has 2 rings (SSSR count). The number of aromatic nitrogens is 2. The van der Waals surface area contributed by atoms with E-state index in [2.05, 4.69) is 5.10 Å². The molecule has 0 radical (unpaired) electrons. The number of esters is 1. The van der Waals surface area contributed by atoms with Crippen molar-refractivity contribution in [3.63, 3.8) is 0 Å². The summed E-state index contributed by atoms with van der Waals surface area (Å²) in [5, 5.41) is 4.34. The highest BCUT2D eigenvalue weighted by atomic mass is 16.5. The topological polar surface area (TPSA) is 64.4 Å². The van der Waals surface area contributed by atoms with Crippen LogP contribution in [0.15, 0.2) is 0 Å². The first-order valence-electron chi connectivity index (χ1n) is 7.28. The molecule has 6 nitrogen and oxygen atoms in total. The molecule has 1 amide bonds. The van der Waals surface area contributed by atoms with E-state index in [0.29, 0.717) is 19.5 Å². The molecule has 0 unspecified atom stereocenters. The second-order valence-corrected chi connectivity index (χ2v) is 5.65. The van der Waals surface area contributed by atoms with Crippen LogP contribution >= 0.6 is 0 Å². The summed E-state index contributed by atoms with van der Waals surface area (Å²) in [5.74, 6) is -0.354. The Morgan fingerprint density at radius 1 is 1.38 bits per heavy atom. The van der Waals surface area contributed by atoms with Gasteiger partial charge in [0.1, 0.15) is 0 Å². The molecule has 1 aromatic heterocycles. The molecule has 6 heteroatoms. The molecular formula is C15H23N3O3. The Balaban J connectivity index is 2.04. The number of rotatable bonds is 3. The summed E-state index contributed by atoms with van der Waals surface area (Å²) in [5.41, 5.74) is 2.90. The van der Waals surface area contributed by atoms with Crippen LogP contribution in [0.4, 0.5) is 0 Å². The van der Waals surface area contributed by atoms with Gasteiger partial charge in [0.05, 0.1) is 25.1 Å². The first-order valence-corrected chi connectivity index (χ1v) is 7.28. The van der Waals surface area contributed by atoms with Gasteiger partial charge in [-0.3, -0.25) is 14.3 Å². The van der Waals surface area contributed by atoms with E-state index in [-0.39, 0.29) is 17.8 Å². The molecular weight excluding hydrogens is 270 g/mol. The smallest absolute Gasteiger partial charge is 0.310 e. The summed E-state index contributed by atoms with van der Waals surface area (Å²) in [6, 6.07) is 0. The number of hydrogen-bond donors (Lipinski definition) is 0. The van der Waals surface area contributed by atoms with Crippen molar-refractivity contribution >= 4 is 11.9 Å². The number of aryl methyl sites for hydroxylation is 2. The van der Waals surface area contributed by atoms with Gasteiger partial charge in [0.25, 0.3) is 0 Å². The molecule has 0 spiro atoms. The average Bonchev–Trinajstić information content (AvgIpc) is 2.73. The van der Waals surface area contributed by atoms with Crippen molar-refractivity contribution in [2.75, 3.05) is 20.2 Å². The first kappa shape index (κ1) is 15.5. The predicted octanol–water partition coefficient (Wildman–Crippen LogP) is 0.991. The molecule has 0 aliphatic carbocycles. The lowest BCUT2D eigenvalue weighted by Gasteiger charge is -2.31. The van der Waals surface area contributed by atoms with Crippen molar-refractivity contribution < 1.29 is 14.3 Å². The van der Waals surface area contributed by atoms with Crippen molar-refractivity contribution in [1.82, 2.24) is 14.7 Å². The molecule has 0 N–H and O–H groups in total. The number of carbonyl (C=O) groups is 2. The van der Waals surface area contributed by atoms with Crippen molar-refractivity contribution in [1.29, 1.82) is 0 Å². The van der Waals surface area contributed by atoms with Crippen LogP contribution < -0.4 is 0 Å².